The molecular formula is C15H21N. The highest BCUT2D eigenvalue weighted by atomic mass is 14.9. The average molecular weight is 215 g/mol. The van der Waals surface area contributed by atoms with Crippen LogP contribution >= 0.6 is 0 Å². The van der Waals surface area contributed by atoms with Gasteiger partial charge in [-0.25, -0.2) is 0 Å². The van der Waals surface area contributed by atoms with Gasteiger partial charge in [-0.05, 0) is 32.9 Å². The molecule has 0 spiro atoms. The Labute approximate surface area is 99.3 Å². The van der Waals surface area contributed by atoms with Crippen molar-refractivity contribution in [2.75, 3.05) is 0 Å². The van der Waals surface area contributed by atoms with E-state index < -0.39 is 0 Å². The van der Waals surface area contributed by atoms with Crippen LogP contribution in [0.15, 0.2) is 72.7 Å². The molecule has 0 aromatic rings. The number of hydrogen-bond acceptors (Lipinski definition) is 1. The van der Waals surface area contributed by atoms with Crippen LogP contribution in [0.3, 0.4) is 0 Å². The van der Waals surface area contributed by atoms with E-state index >= 15 is 0 Å². The quantitative estimate of drug-likeness (QED) is 0.653. The van der Waals surface area contributed by atoms with E-state index in [0.29, 0.717) is 0 Å². The van der Waals surface area contributed by atoms with E-state index in [1.165, 1.54) is 5.57 Å². The van der Waals surface area contributed by atoms with Crippen molar-refractivity contribution in [3.05, 3.63) is 72.7 Å². The lowest BCUT2D eigenvalue weighted by atomic mass is 10.2. The fourth-order valence-electron chi connectivity index (χ4n) is 0.995. The Bertz CT molecular complexity index is 348. The minimum atomic E-state index is 0.864. The van der Waals surface area contributed by atoms with Crippen molar-refractivity contribution in [2.45, 2.75) is 20.8 Å². The maximum absolute atomic E-state index is 3.93. The lowest BCUT2D eigenvalue weighted by Gasteiger charge is -2.08. The molecule has 0 aliphatic heterocycles. The molecule has 0 aliphatic carbocycles. The first kappa shape index (κ1) is 14.2. The van der Waals surface area contributed by atoms with Gasteiger partial charge in [0.1, 0.15) is 0 Å². The van der Waals surface area contributed by atoms with Gasteiger partial charge in [0.15, 0.2) is 0 Å². The Balaban J connectivity index is 4.55. The lowest BCUT2D eigenvalue weighted by molar-refractivity contribution is 1.02. The summed E-state index contributed by atoms with van der Waals surface area (Å²) in [5.74, 6) is 0. The van der Waals surface area contributed by atoms with Crippen molar-refractivity contribution in [3.8, 4) is 0 Å². The second-order valence-electron chi connectivity index (χ2n) is 3.54. The molecular weight excluding hydrogens is 194 g/mol. The summed E-state index contributed by atoms with van der Waals surface area (Å²) >= 11 is 0. The van der Waals surface area contributed by atoms with Gasteiger partial charge in [0.25, 0.3) is 0 Å². The van der Waals surface area contributed by atoms with Crippen molar-refractivity contribution in [3.63, 3.8) is 0 Å². The predicted molar refractivity (Wildman–Crippen MR) is 73.9 cm³/mol. The summed E-state index contributed by atoms with van der Waals surface area (Å²) < 4.78 is 0. The second-order valence-corrected chi connectivity index (χ2v) is 3.54. The van der Waals surface area contributed by atoms with Crippen LogP contribution in [0.5, 0.6) is 0 Å². The average Bonchev–Trinajstić information content (AvgIpc) is 2.24. The van der Waals surface area contributed by atoms with E-state index in [0.717, 1.165) is 11.4 Å². The van der Waals surface area contributed by atoms with Crippen LogP contribution in [0.4, 0.5) is 0 Å². The van der Waals surface area contributed by atoms with Crippen LogP contribution in [-0.4, -0.2) is 0 Å². The van der Waals surface area contributed by atoms with Gasteiger partial charge in [0.05, 0.1) is 0 Å². The highest BCUT2D eigenvalue weighted by Crippen LogP contribution is 2.04. The maximum atomic E-state index is 3.93. The van der Waals surface area contributed by atoms with Gasteiger partial charge < -0.3 is 5.32 Å². The Morgan fingerprint density at radius 2 is 1.75 bits per heavy atom. The molecule has 1 N–H and O–H groups in total. The summed E-state index contributed by atoms with van der Waals surface area (Å²) in [7, 11) is 0. The fourth-order valence-corrected chi connectivity index (χ4v) is 0.995. The molecule has 0 aromatic carbocycles. The normalized spacial score (nSPS) is 11.2. The van der Waals surface area contributed by atoms with Crippen LogP contribution in [0.2, 0.25) is 0 Å². The second kappa shape index (κ2) is 8.54. The molecule has 0 rings (SSSR count). The van der Waals surface area contributed by atoms with E-state index in [1.54, 1.807) is 6.08 Å². The van der Waals surface area contributed by atoms with Crippen molar-refractivity contribution in [1.29, 1.82) is 0 Å². The molecule has 0 saturated heterocycles. The van der Waals surface area contributed by atoms with Gasteiger partial charge in [-0.15, -0.1) is 0 Å². The number of allylic oxidation sites excluding steroid dienone is 8. The molecule has 0 aromatic heterocycles. The summed E-state index contributed by atoms with van der Waals surface area (Å²) in [6.45, 7) is 13.7. The fraction of sp³-hybridized carbons (Fsp3) is 0.200. The molecule has 0 heterocycles. The van der Waals surface area contributed by atoms with Gasteiger partial charge in [-0.2, -0.15) is 0 Å². The molecule has 16 heavy (non-hydrogen) atoms. The SMILES string of the molecule is C=C/C=C\C(NC(=C)/C=C\C=C/C)=C(C)C. The Kier molecular flexibility index (Phi) is 7.60. The smallest absolute Gasteiger partial charge is 0.0370 e. The first-order valence-corrected chi connectivity index (χ1v) is 5.33. The molecule has 0 unspecified atom stereocenters. The summed E-state index contributed by atoms with van der Waals surface area (Å²) in [5.41, 5.74) is 3.12. The molecule has 0 bridgehead atoms. The lowest BCUT2D eigenvalue weighted by Crippen LogP contribution is -2.09. The zero-order valence-corrected chi connectivity index (χ0v) is 10.5. The Hall–Kier alpha value is -1.76. The minimum Gasteiger partial charge on any atom is -0.356 e. The van der Waals surface area contributed by atoms with E-state index in [4.69, 9.17) is 0 Å². The predicted octanol–water partition coefficient (Wildman–Crippen LogP) is 4.26. The van der Waals surface area contributed by atoms with E-state index in [9.17, 15) is 0 Å². The van der Waals surface area contributed by atoms with Crippen molar-refractivity contribution in [2.24, 2.45) is 0 Å². The number of rotatable bonds is 6. The Morgan fingerprint density at radius 1 is 1.06 bits per heavy atom. The topological polar surface area (TPSA) is 12.0 Å². The molecule has 0 radical (unpaired) electrons. The van der Waals surface area contributed by atoms with Crippen molar-refractivity contribution >= 4 is 0 Å². The summed E-state index contributed by atoms with van der Waals surface area (Å²) in [5, 5.41) is 3.24. The Morgan fingerprint density at radius 3 is 2.25 bits per heavy atom. The standard InChI is InChI=1S/C15H21N/c1-6-8-10-11-14(5)16-15(13(3)4)12-9-7-2/h6-12,16H,2,5H2,1,3-4H3/b8-6-,11-10-,12-9-. The van der Waals surface area contributed by atoms with Crippen LogP contribution in [-0.2, 0) is 0 Å². The van der Waals surface area contributed by atoms with Crippen molar-refractivity contribution in [1.82, 2.24) is 5.32 Å². The molecule has 1 heteroatoms. The summed E-state index contributed by atoms with van der Waals surface area (Å²) in [6.07, 6.45) is 13.5. The van der Waals surface area contributed by atoms with Gasteiger partial charge in [-0.1, -0.05) is 49.1 Å². The highest BCUT2D eigenvalue weighted by Gasteiger charge is 1.94. The van der Waals surface area contributed by atoms with Gasteiger partial charge in [-0.3, -0.25) is 0 Å². The summed E-state index contributed by atoms with van der Waals surface area (Å²) in [4.78, 5) is 0. The highest BCUT2D eigenvalue weighted by molar-refractivity contribution is 5.30. The third-order valence-corrected chi connectivity index (χ3v) is 1.83. The van der Waals surface area contributed by atoms with Crippen LogP contribution in [0.1, 0.15) is 20.8 Å². The van der Waals surface area contributed by atoms with Crippen LogP contribution in [0.25, 0.3) is 0 Å². The van der Waals surface area contributed by atoms with Gasteiger partial charge in [0, 0.05) is 11.4 Å². The van der Waals surface area contributed by atoms with Crippen LogP contribution < -0.4 is 5.32 Å². The largest absolute Gasteiger partial charge is 0.356 e. The molecule has 0 amide bonds. The van der Waals surface area contributed by atoms with Gasteiger partial charge >= 0.3 is 0 Å². The van der Waals surface area contributed by atoms with E-state index in [2.05, 4.69) is 32.3 Å². The molecule has 0 saturated carbocycles. The molecule has 0 fully saturated rings. The minimum absolute atomic E-state index is 0.864. The third kappa shape index (κ3) is 6.66. The summed E-state index contributed by atoms with van der Waals surface area (Å²) in [6, 6.07) is 0. The first-order chi connectivity index (χ1) is 7.61. The zero-order chi connectivity index (χ0) is 12.4. The monoisotopic (exact) mass is 215 g/mol. The van der Waals surface area contributed by atoms with E-state index in [1.807, 2.05) is 43.4 Å². The number of nitrogens with one attached hydrogen (secondary N) is 1. The third-order valence-electron chi connectivity index (χ3n) is 1.83. The van der Waals surface area contributed by atoms with Crippen LogP contribution in [0, 0.1) is 0 Å². The maximum Gasteiger partial charge on any atom is 0.0370 e. The molecule has 0 atom stereocenters. The van der Waals surface area contributed by atoms with Crippen molar-refractivity contribution < 1.29 is 0 Å². The van der Waals surface area contributed by atoms with E-state index in [-0.39, 0.29) is 0 Å². The zero-order valence-electron chi connectivity index (χ0n) is 10.5. The molecule has 86 valence electrons. The molecule has 1 nitrogen and oxygen atoms in total. The van der Waals surface area contributed by atoms with Gasteiger partial charge in [0.2, 0.25) is 0 Å². The number of hydrogen-bond donors (Lipinski definition) is 1. The molecule has 0 aliphatic rings. The first-order valence-electron chi connectivity index (χ1n) is 5.33.